The Morgan fingerprint density at radius 2 is 1.32 bits per heavy atom. The molecule has 2 amide bonds. The van der Waals surface area contributed by atoms with Gasteiger partial charge in [-0.3, -0.25) is 9.59 Å². The number of rotatable bonds is 5. The van der Waals surface area contributed by atoms with Crippen LogP contribution in [-0.2, 0) is 0 Å². The van der Waals surface area contributed by atoms with Gasteiger partial charge in [0.25, 0.3) is 11.8 Å². The molecule has 0 radical (unpaired) electrons. The molecule has 0 bridgehead atoms. The molecule has 0 fully saturated rings. The van der Waals surface area contributed by atoms with E-state index in [-0.39, 0.29) is 16.7 Å². The number of aromatic nitrogens is 1. The molecule has 7 nitrogen and oxygen atoms in total. The molecule has 7 heteroatoms. The van der Waals surface area contributed by atoms with Gasteiger partial charge in [-0.15, -0.1) is 0 Å². The van der Waals surface area contributed by atoms with Gasteiger partial charge in [-0.1, -0.05) is 60.7 Å². The average Bonchev–Trinajstić information content (AvgIpc) is 3.55. The number of amides is 2. The van der Waals surface area contributed by atoms with E-state index in [9.17, 15) is 19.5 Å². The number of aromatic carboxylic acids is 1. The molecule has 0 unspecified atom stereocenters. The van der Waals surface area contributed by atoms with Crippen LogP contribution in [0, 0.1) is 0 Å². The fourth-order valence-electron chi connectivity index (χ4n) is 5.13. The van der Waals surface area contributed by atoms with Gasteiger partial charge in [-0.05, 0) is 76.9 Å². The Hall–Kier alpha value is -5.82. The van der Waals surface area contributed by atoms with E-state index < -0.39 is 17.8 Å². The third kappa shape index (κ3) is 4.17. The van der Waals surface area contributed by atoms with Crippen LogP contribution in [0.2, 0.25) is 0 Å². The molecule has 5 aromatic carbocycles. The summed E-state index contributed by atoms with van der Waals surface area (Å²) in [6.07, 6.45) is 0. The van der Waals surface area contributed by atoms with E-state index >= 15 is 0 Å². The smallest absolute Gasteiger partial charge is 0.335 e. The number of oxazole rings is 1. The van der Waals surface area contributed by atoms with Gasteiger partial charge in [-0.2, -0.15) is 0 Å². The van der Waals surface area contributed by atoms with Gasteiger partial charge in [-0.25, -0.2) is 14.7 Å². The van der Waals surface area contributed by atoms with Gasteiger partial charge in [0.05, 0.1) is 22.4 Å². The van der Waals surface area contributed by atoms with E-state index in [1.165, 1.54) is 18.2 Å². The summed E-state index contributed by atoms with van der Waals surface area (Å²) in [5, 5.41) is 9.29. The van der Waals surface area contributed by atoms with Crippen LogP contribution in [0.3, 0.4) is 0 Å². The number of carboxylic acid groups (broad SMARTS) is 1. The Morgan fingerprint density at radius 1 is 0.634 bits per heavy atom. The fraction of sp³-hybridized carbons (Fsp3) is 0. The van der Waals surface area contributed by atoms with Crippen LogP contribution in [-0.4, -0.2) is 27.9 Å². The number of fused-ring (bicyclic) bond motifs is 2. The first-order chi connectivity index (χ1) is 20.0. The standard InChI is InChI=1S/C34H20N2O5/c37-32-27-14-12-25(34(39)40)18-28(27)33(38)36(32)26-11-5-10-24(17-26)31-35-29-19-23(13-15-30(29)41-31)22-9-4-8-21(16-22)20-6-2-1-3-7-20/h1-19H,(H,39,40). The molecule has 0 saturated heterocycles. The first kappa shape index (κ1) is 24.2. The number of carbonyl (C=O) groups excluding carboxylic acids is 2. The van der Waals surface area contributed by atoms with Crippen LogP contribution >= 0.6 is 0 Å². The molecule has 0 spiro atoms. The molecular formula is C34H20N2O5. The minimum Gasteiger partial charge on any atom is -0.478 e. The number of nitrogens with zero attached hydrogens (tertiary/aromatic N) is 2. The van der Waals surface area contributed by atoms with Crippen molar-refractivity contribution < 1.29 is 23.9 Å². The molecule has 2 heterocycles. The molecule has 0 saturated carbocycles. The summed E-state index contributed by atoms with van der Waals surface area (Å²) >= 11 is 0. The molecule has 0 atom stereocenters. The van der Waals surface area contributed by atoms with Crippen molar-refractivity contribution in [1.29, 1.82) is 0 Å². The number of hydrogen-bond acceptors (Lipinski definition) is 5. The first-order valence-corrected chi connectivity index (χ1v) is 12.9. The summed E-state index contributed by atoms with van der Waals surface area (Å²) in [6.45, 7) is 0. The van der Waals surface area contributed by atoms with Crippen LogP contribution in [0.1, 0.15) is 31.1 Å². The van der Waals surface area contributed by atoms with Crippen LogP contribution in [0.5, 0.6) is 0 Å². The number of carboxylic acids is 1. The Kier molecular flexibility index (Phi) is 5.57. The minimum atomic E-state index is -1.17. The lowest BCUT2D eigenvalue weighted by Gasteiger charge is -2.14. The van der Waals surface area contributed by atoms with Gasteiger partial charge in [0, 0.05) is 5.56 Å². The van der Waals surface area contributed by atoms with Crippen LogP contribution in [0.4, 0.5) is 5.69 Å². The van der Waals surface area contributed by atoms with Crippen molar-refractivity contribution in [3.8, 4) is 33.7 Å². The highest BCUT2D eigenvalue weighted by molar-refractivity contribution is 6.34. The maximum atomic E-state index is 13.1. The van der Waals surface area contributed by atoms with Crippen LogP contribution in [0.15, 0.2) is 120 Å². The molecule has 41 heavy (non-hydrogen) atoms. The van der Waals surface area contributed by atoms with E-state index in [0.717, 1.165) is 27.2 Å². The zero-order valence-corrected chi connectivity index (χ0v) is 21.4. The number of hydrogen-bond donors (Lipinski definition) is 1. The minimum absolute atomic E-state index is 0.0573. The van der Waals surface area contributed by atoms with E-state index in [2.05, 4.69) is 30.3 Å². The lowest BCUT2D eigenvalue weighted by atomic mass is 9.99. The first-order valence-electron chi connectivity index (χ1n) is 12.9. The van der Waals surface area contributed by atoms with Crippen molar-refractivity contribution in [3.63, 3.8) is 0 Å². The largest absolute Gasteiger partial charge is 0.478 e. The normalized spacial score (nSPS) is 12.6. The van der Waals surface area contributed by atoms with Gasteiger partial charge >= 0.3 is 5.97 Å². The molecule has 1 aliphatic heterocycles. The molecule has 0 aliphatic carbocycles. The van der Waals surface area contributed by atoms with Crippen molar-refractivity contribution in [2.75, 3.05) is 4.90 Å². The van der Waals surface area contributed by atoms with Crippen LogP contribution in [0.25, 0.3) is 44.8 Å². The van der Waals surface area contributed by atoms with Crippen molar-refractivity contribution in [2.45, 2.75) is 0 Å². The van der Waals surface area contributed by atoms with E-state index in [1.54, 1.807) is 24.3 Å². The topological polar surface area (TPSA) is 101 Å². The van der Waals surface area contributed by atoms with Crippen molar-refractivity contribution in [3.05, 3.63) is 132 Å². The Labute approximate surface area is 233 Å². The molecule has 196 valence electrons. The second-order valence-electron chi connectivity index (χ2n) is 9.71. The third-order valence-corrected chi connectivity index (χ3v) is 7.18. The third-order valence-electron chi connectivity index (χ3n) is 7.18. The maximum absolute atomic E-state index is 13.1. The second-order valence-corrected chi connectivity index (χ2v) is 9.71. The second kappa shape index (κ2) is 9.43. The molecule has 7 rings (SSSR count). The Bertz CT molecular complexity index is 2030. The summed E-state index contributed by atoms with van der Waals surface area (Å²) < 4.78 is 6.05. The van der Waals surface area contributed by atoms with Gasteiger partial charge in [0.1, 0.15) is 5.52 Å². The quantitative estimate of drug-likeness (QED) is 0.232. The monoisotopic (exact) mass is 536 g/mol. The SMILES string of the molecule is O=C(O)c1ccc2c(c1)C(=O)N(c1cccc(-c3nc4cc(-c5cccc(-c6ccccc6)c5)ccc4o3)c1)C2=O. The molecule has 6 aromatic rings. The van der Waals surface area contributed by atoms with Crippen LogP contribution < -0.4 is 4.90 Å². The fourth-order valence-corrected chi connectivity index (χ4v) is 5.13. The summed E-state index contributed by atoms with van der Waals surface area (Å²) in [5.74, 6) is -1.91. The van der Waals surface area contributed by atoms with E-state index in [4.69, 9.17) is 9.40 Å². The molecule has 1 N–H and O–H groups in total. The number of carbonyl (C=O) groups is 3. The van der Waals surface area contributed by atoms with Crippen molar-refractivity contribution in [2.24, 2.45) is 0 Å². The Balaban J connectivity index is 1.21. The van der Waals surface area contributed by atoms with Gasteiger partial charge in [0.2, 0.25) is 5.89 Å². The number of benzene rings is 5. The maximum Gasteiger partial charge on any atom is 0.335 e. The average molecular weight is 537 g/mol. The lowest BCUT2D eigenvalue weighted by molar-refractivity contribution is 0.0696. The highest BCUT2D eigenvalue weighted by atomic mass is 16.4. The zero-order chi connectivity index (χ0) is 28.1. The number of anilines is 1. The Morgan fingerprint density at radius 3 is 2.12 bits per heavy atom. The predicted molar refractivity (Wildman–Crippen MR) is 155 cm³/mol. The molecule has 1 aliphatic rings. The zero-order valence-electron chi connectivity index (χ0n) is 21.4. The van der Waals surface area contributed by atoms with Gasteiger partial charge < -0.3 is 9.52 Å². The van der Waals surface area contributed by atoms with Crippen molar-refractivity contribution >= 4 is 34.6 Å². The highest BCUT2D eigenvalue weighted by Gasteiger charge is 2.37. The molecule has 1 aromatic heterocycles. The lowest BCUT2D eigenvalue weighted by Crippen LogP contribution is -2.29. The highest BCUT2D eigenvalue weighted by Crippen LogP contribution is 2.34. The molecular weight excluding hydrogens is 516 g/mol. The summed E-state index contributed by atoms with van der Waals surface area (Å²) in [5.41, 5.74) is 6.69. The summed E-state index contributed by atoms with van der Waals surface area (Å²) in [4.78, 5) is 43.3. The van der Waals surface area contributed by atoms with Crippen molar-refractivity contribution in [1.82, 2.24) is 4.98 Å². The van der Waals surface area contributed by atoms with E-state index in [0.29, 0.717) is 28.2 Å². The number of imide groups is 1. The predicted octanol–water partition coefficient (Wildman–Crippen LogP) is 7.33. The summed E-state index contributed by atoms with van der Waals surface area (Å²) in [7, 11) is 0. The van der Waals surface area contributed by atoms with E-state index in [1.807, 2.05) is 42.5 Å². The summed E-state index contributed by atoms with van der Waals surface area (Å²) in [6, 6.07) is 35.1. The van der Waals surface area contributed by atoms with Gasteiger partial charge in [0.15, 0.2) is 5.58 Å².